The van der Waals surface area contributed by atoms with Crippen LogP contribution in [0.15, 0.2) is 39.5 Å². The van der Waals surface area contributed by atoms with Gasteiger partial charge in [0.05, 0.1) is 6.61 Å². The van der Waals surface area contributed by atoms with Gasteiger partial charge in [-0.1, -0.05) is 0 Å². The van der Waals surface area contributed by atoms with Gasteiger partial charge in [-0.3, -0.25) is 4.79 Å². The van der Waals surface area contributed by atoms with Gasteiger partial charge in [0, 0.05) is 17.7 Å². The number of benzene rings is 2. The lowest BCUT2D eigenvalue weighted by atomic mass is 9.99. The Morgan fingerprint density at radius 2 is 1.61 bits per heavy atom. The summed E-state index contributed by atoms with van der Waals surface area (Å²) in [4.78, 5) is 13.2. The van der Waals surface area contributed by atoms with E-state index in [1.165, 1.54) is 6.07 Å². The van der Waals surface area contributed by atoms with Gasteiger partial charge in [-0.05, 0) is 18.2 Å². The maximum atomic E-state index is 13.2. The van der Waals surface area contributed by atoms with E-state index in [0.717, 1.165) is 24.3 Å². The van der Waals surface area contributed by atoms with E-state index in [2.05, 4.69) is 0 Å². The molecule has 8 N–H and O–H groups in total. The lowest BCUT2D eigenvalue weighted by molar-refractivity contribution is -0.277. The Labute approximate surface area is 184 Å². The van der Waals surface area contributed by atoms with E-state index in [1.54, 1.807) is 0 Å². The first-order chi connectivity index (χ1) is 15.6. The Morgan fingerprint density at radius 3 is 2.27 bits per heavy atom. The minimum atomic E-state index is -1.85. The van der Waals surface area contributed by atoms with Crippen LogP contribution >= 0.6 is 0 Å². The molecule has 176 valence electrons. The van der Waals surface area contributed by atoms with Crippen LogP contribution in [0.5, 0.6) is 28.7 Å². The van der Waals surface area contributed by atoms with Gasteiger partial charge in [-0.15, -0.1) is 0 Å². The van der Waals surface area contributed by atoms with Crippen molar-refractivity contribution >= 4 is 11.0 Å². The molecule has 1 saturated heterocycles. The van der Waals surface area contributed by atoms with Crippen LogP contribution in [0.1, 0.15) is 0 Å². The third kappa shape index (κ3) is 3.90. The van der Waals surface area contributed by atoms with Gasteiger partial charge in [0.25, 0.3) is 0 Å². The van der Waals surface area contributed by atoms with Crippen LogP contribution in [0.2, 0.25) is 0 Å². The molecule has 2 heterocycles. The number of phenolic OH excluding ortho intramolecular Hbond substituents is 4. The molecule has 1 unspecified atom stereocenters. The van der Waals surface area contributed by atoms with Crippen LogP contribution in [0, 0.1) is 0 Å². The molecule has 0 saturated carbocycles. The highest BCUT2D eigenvalue weighted by molar-refractivity contribution is 5.88. The molecule has 0 amide bonds. The Kier molecular flexibility index (Phi) is 5.78. The second-order valence-corrected chi connectivity index (χ2v) is 7.45. The summed E-state index contributed by atoms with van der Waals surface area (Å²) in [7, 11) is 0. The van der Waals surface area contributed by atoms with E-state index in [-0.39, 0.29) is 22.3 Å². The van der Waals surface area contributed by atoms with E-state index < -0.39 is 71.5 Å². The van der Waals surface area contributed by atoms with Crippen LogP contribution in [0.4, 0.5) is 0 Å². The summed E-state index contributed by atoms with van der Waals surface area (Å²) in [6.07, 6.45) is -8.40. The number of aliphatic hydroxyl groups is 4. The molecule has 3 aromatic rings. The Hall–Kier alpha value is -3.55. The van der Waals surface area contributed by atoms with Gasteiger partial charge in [-0.2, -0.15) is 0 Å². The van der Waals surface area contributed by atoms with Gasteiger partial charge in [0.15, 0.2) is 17.3 Å². The van der Waals surface area contributed by atoms with Crippen molar-refractivity contribution in [2.45, 2.75) is 30.7 Å². The fourth-order valence-electron chi connectivity index (χ4n) is 3.51. The van der Waals surface area contributed by atoms with Gasteiger partial charge >= 0.3 is 0 Å². The number of rotatable bonds is 4. The monoisotopic (exact) mass is 464 g/mol. The van der Waals surface area contributed by atoms with Crippen LogP contribution < -0.4 is 10.2 Å². The topological polar surface area (TPSA) is 211 Å². The van der Waals surface area contributed by atoms with E-state index >= 15 is 0 Å². The molecule has 0 aliphatic carbocycles. The van der Waals surface area contributed by atoms with Gasteiger partial charge in [-0.25, -0.2) is 0 Å². The van der Waals surface area contributed by atoms with Crippen LogP contribution in [0.25, 0.3) is 22.3 Å². The minimum absolute atomic E-state index is 0.0201. The van der Waals surface area contributed by atoms with Crippen LogP contribution in [0.3, 0.4) is 0 Å². The van der Waals surface area contributed by atoms with Gasteiger partial charge in [0.1, 0.15) is 46.9 Å². The van der Waals surface area contributed by atoms with E-state index in [0.29, 0.717) is 0 Å². The summed E-state index contributed by atoms with van der Waals surface area (Å²) >= 11 is 0. The lowest BCUT2D eigenvalue weighted by Crippen LogP contribution is -2.60. The molecule has 1 aromatic heterocycles. The van der Waals surface area contributed by atoms with E-state index in [4.69, 9.17) is 13.9 Å². The molecule has 12 heteroatoms. The highest BCUT2D eigenvalue weighted by Crippen LogP contribution is 2.39. The molecule has 2 aromatic carbocycles. The maximum Gasteiger partial charge on any atom is 0.239 e. The van der Waals surface area contributed by atoms with Crippen LogP contribution in [-0.2, 0) is 4.74 Å². The molecule has 0 bridgehead atoms. The first-order valence-corrected chi connectivity index (χ1v) is 9.64. The zero-order valence-corrected chi connectivity index (χ0v) is 16.7. The van der Waals surface area contributed by atoms with Crippen molar-refractivity contribution in [3.05, 3.63) is 40.6 Å². The molecule has 4 rings (SSSR count). The summed E-state index contributed by atoms with van der Waals surface area (Å²) in [6, 6.07) is 5.36. The predicted molar refractivity (Wildman–Crippen MR) is 109 cm³/mol. The molecule has 1 fully saturated rings. The summed E-state index contributed by atoms with van der Waals surface area (Å²) < 4.78 is 16.5. The molecule has 0 radical (unpaired) electrons. The number of hydrogen-bond acceptors (Lipinski definition) is 12. The summed E-state index contributed by atoms with van der Waals surface area (Å²) in [5.41, 5.74) is -1.19. The number of phenols is 4. The van der Waals surface area contributed by atoms with Crippen LogP contribution in [-0.4, -0.2) is 78.2 Å². The molecular weight excluding hydrogens is 444 g/mol. The molecule has 5 atom stereocenters. The molecule has 0 spiro atoms. The third-order valence-corrected chi connectivity index (χ3v) is 5.24. The predicted octanol–water partition coefficient (Wildman–Crippen LogP) is -0.539. The van der Waals surface area contributed by atoms with Crippen molar-refractivity contribution < 1.29 is 54.7 Å². The Bertz CT molecular complexity index is 1250. The fourth-order valence-corrected chi connectivity index (χ4v) is 3.51. The number of hydrogen-bond donors (Lipinski definition) is 8. The molecule has 33 heavy (non-hydrogen) atoms. The first kappa shape index (κ1) is 22.6. The summed E-state index contributed by atoms with van der Waals surface area (Å²) in [5.74, 6) is -3.05. The fraction of sp³-hybridized carbons (Fsp3) is 0.286. The number of ether oxygens (including phenoxy) is 2. The third-order valence-electron chi connectivity index (χ3n) is 5.24. The van der Waals surface area contributed by atoms with Crippen molar-refractivity contribution in [2.24, 2.45) is 0 Å². The van der Waals surface area contributed by atoms with Crippen molar-refractivity contribution in [2.75, 3.05) is 6.61 Å². The Morgan fingerprint density at radius 1 is 0.879 bits per heavy atom. The highest BCUT2D eigenvalue weighted by atomic mass is 16.7. The zero-order chi connectivity index (χ0) is 24.0. The van der Waals surface area contributed by atoms with Gasteiger partial charge < -0.3 is 54.7 Å². The van der Waals surface area contributed by atoms with Crippen molar-refractivity contribution in [3.63, 3.8) is 0 Å². The first-order valence-electron chi connectivity index (χ1n) is 9.64. The smallest absolute Gasteiger partial charge is 0.239 e. The average Bonchev–Trinajstić information content (AvgIpc) is 2.76. The second-order valence-electron chi connectivity index (χ2n) is 7.45. The molecular formula is C21H20O12. The number of aromatic hydroxyl groups is 4. The number of fused-ring (bicyclic) bond motifs is 1. The quantitative estimate of drug-likeness (QED) is 0.229. The van der Waals surface area contributed by atoms with Crippen molar-refractivity contribution in [1.29, 1.82) is 0 Å². The molecule has 1 aliphatic rings. The summed E-state index contributed by atoms with van der Waals surface area (Å²) in [5, 5.41) is 78.7. The highest BCUT2D eigenvalue weighted by Gasteiger charge is 2.45. The average molecular weight is 464 g/mol. The lowest BCUT2D eigenvalue weighted by Gasteiger charge is -2.39. The minimum Gasteiger partial charge on any atom is -0.508 e. The molecule has 12 nitrogen and oxygen atoms in total. The van der Waals surface area contributed by atoms with Crippen molar-refractivity contribution in [3.8, 4) is 40.1 Å². The van der Waals surface area contributed by atoms with Crippen molar-refractivity contribution in [1.82, 2.24) is 0 Å². The summed E-state index contributed by atoms with van der Waals surface area (Å²) in [6.45, 7) is -0.740. The maximum absolute atomic E-state index is 13.2. The second kappa shape index (κ2) is 8.42. The van der Waals surface area contributed by atoms with E-state index in [9.17, 15) is 45.6 Å². The number of aliphatic hydroxyl groups excluding tert-OH is 4. The zero-order valence-electron chi connectivity index (χ0n) is 16.7. The standard InChI is InChI=1S/C21H20O12/c22-6-13-15(27)17(29)18(30)21(32-13)33-20-16(28)14-11(26)4-8(23)5-12(14)31-19(20)7-1-2-9(24)10(25)3-7/h1-5,13,15,17-18,21-27,29-30H,6H2/t13-,15-,17+,18+,21?/m1/s1. The Balaban J connectivity index is 1.91. The SMILES string of the molecule is O=c1c(OC2O[C@H](CO)[C@@H](O)[C@H](O)[C@@H]2O)c(-c2ccc(O)c(O)c2)oc2cc(O)cc(O)c12. The van der Waals surface area contributed by atoms with E-state index in [1.807, 2.05) is 0 Å². The normalized spacial score (nSPS) is 25.3. The molecule has 1 aliphatic heterocycles. The largest absolute Gasteiger partial charge is 0.508 e. The van der Waals surface area contributed by atoms with Gasteiger partial charge in [0.2, 0.25) is 17.5 Å².